The number of carbonyl (C=O) groups is 1. The minimum absolute atomic E-state index is 0. The van der Waals surface area contributed by atoms with Gasteiger partial charge in [-0.2, -0.15) is 0 Å². The Kier molecular flexibility index (Phi) is 6.09. The molecular formula is C14H27ClN2O3S. The number of rotatable bonds is 5. The van der Waals surface area contributed by atoms with Crippen LogP contribution < -0.4 is 5.32 Å². The first kappa shape index (κ1) is 18.7. The number of hydrogen-bond acceptors (Lipinski definition) is 4. The third-order valence-electron chi connectivity index (χ3n) is 4.62. The van der Waals surface area contributed by atoms with Crippen molar-refractivity contribution in [2.75, 3.05) is 25.9 Å². The molecule has 1 saturated heterocycles. The first-order valence-corrected chi connectivity index (χ1v) is 9.33. The van der Waals surface area contributed by atoms with Gasteiger partial charge in [-0.15, -0.1) is 12.4 Å². The van der Waals surface area contributed by atoms with E-state index in [9.17, 15) is 13.2 Å². The summed E-state index contributed by atoms with van der Waals surface area (Å²) in [5, 5.41) is 3.56. The maximum Gasteiger partial charge on any atom is 0.243 e. The van der Waals surface area contributed by atoms with Crippen LogP contribution in [0.25, 0.3) is 0 Å². The van der Waals surface area contributed by atoms with Crippen LogP contribution in [-0.4, -0.2) is 55.9 Å². The lowest BCUT2D eigenvalue weighted by molar-refractivity contribution is -0.134. The normalized spacial score (nSPS) is 21.0. The van der Waals surface area contributed by atoms with Crippen molar-refractivity contribution in [3.05, 3.63) is 0 Å². The molecule has 2 aliphatic rings. The van der Waals surface area contributed by atoms with Crippen LogP contribution in [0.2, 0.25) is 0 Å². The van der Waals surface area contributed by atoms with Crippen LogP contribution in [0.15, 0.2) is 0 Å². The van der Waals surface area contributed by atoms with Gasteiger partial charge in [0.1, 0.15) is 4.75 Å². The van der Waals surface area contributed by atoms with Crippen LogP contribution in [0.5, 0.6) is 0 Å². The number of likely N-dealkylation sites (tertiary alicyclic amines) is 1. The summed E-state index contributed by atoms with van der Waals surface area (Å²) in [4.78, 5) is 14.1. The molecule has 124 valence electrons. The Hall–Kier alpha value is -0.330. The maximum absolute atomic E-state index is 12.4. The van der Waals surface area contributed by atoms with Gasteiger partial charge in [0, 0.05) is 25.4 Å². The van der Waals surface area contributed by atoms with E-state index in [4.69, 9.17) is 0 Å². The molecule has 0 aromatic heterocycles. The predicted molar refractivity (Wildman–Crippen MR) is 86.5 cm³/mol. The van der Waals surface area contributed by atoms with Gasteiger partial charge in [-0.3, -0.25) is 4.79 Å². The fraction of sp³-hybridized carbons (Fsp3) is 0.929. The molecule has 2 rings (SSSR count). The topological polar surface area (TPSA) is 66.5 Å². The van der Waals surface area contributed by atoms with E-state index in [1.165, 1.54) is 26.7 Å². The summed E-state index contributed by atoms with van der Waals surface area (Å²) in [6.07, 6.45) is 5.64. The van der Waals surface area contributed by atoms with Crippen LogP contribution in [0.3, 0.4) is 0 Å². The van der Waals surface area contributed by atoms with E-state index < -0.39 is 14.6 Å². The smallest absolute Gasteiger partial charge is 0.243 e. The number of amides is 1. The van der Waals surface area contributed by atoms with Gasteiger partial charge in [0.2, 0.25) is 5.91 Å². The number of piperidine rings is 1. The molecule has 1 amide bonds. The van der Waals surface area contributed by atoms with Crippen molar-refractivity contribution in [1.82, 2.24) is 10.2 Å². The quantitative estimate of drug-likeness (QED) is 0.818. The van der Waals surface area contributed by atoms with Crippen LogP contribution >= 0.6 is 12.4 Å². The third kappa shape index (κ3) is 4.57. The largest absolute Gasteiger partial charge is 0.341 e. The molecule has 0 aromatic carbocycles. The predicted octanol–water partition coefficient (Wildman–Crippen LogP) is 1.22. The highest BCUT2D eigenvalue weighted by atomic mass is 35.5. The minimum Gasteiger partial charge on any atom is -0.341 e. The molecule has 5 nitrogen and oxygen atoms in total. The Morgan fingerprint density at radius 1 is 1.19 bits per heavy atom. The Morgan fingerprint density at radius 2 is 1.71 bits per heavy atom. The Morgan fingerprint density at radius 3 is 2.14 bits per heavy atom. The van der Waals surface area contributed by atoms with Gasteiger partial charge in [-0.05, 0) is 52.0 Å². The zero-order valence-corrected chi connectivity index (χ0v) is 14.7. The fourth-order valence-corrected chi connectivity index (χ4v) is 2.93. The molecule has 0 atom stereocenters. The van der Waals surface area contributed by atoms with Crippen LogP contribution in [-0.2, 0) is 14.6 Å². The first-order chi connectivity index (χ1) is 9.22. The summed E-state index contributed by atoms with van der Waals surface area (Å²) in [7, 11) is -3.38. The van der Waals surface area contributed by atoms with Crippen LogP contribution in [0.4, 0.5) is 0 Å². The van der Waals surface area contributed by atoms with Crippen molar-refractivity contribution < 1.29 is 13.2 Å². The molecule has 0 radical (unpaired) electrons. The van der Waals surface area contributed by atoms with Gasteiger partial charge < -0.3 is 10.2 Å². The van der Waals surface area contributed by atoms with Crippen molar-refractivity contribution in [2.45, 2.75) is 50.3 Å². The van der Waals surface area contributed by atoms with E-state index in [1.807, 2.05) is 0 Å². The molecule has 0 aromatic rings. The number of nitrogens with zero attached hydrogens (tertiary/aromatic N) is 1. The van der Waals surface area contributed by atoms with E-state index in [2.05, 4.69) is 5.32 Å². The summed E-state index contributed by atoms with van der Waals surface area (Å²) < 4.78 is 22.1. The molecule has 2 fully saturated rings. The highest BCUT2D eigenvalue weighted by molar-refractivity contribution is 7.92. The summed E-state index contributed by atoms with van der Waals surface area (Å²) in [6.45, 7) is 5.40. The van der Waals surface area contributed by atoms with Crippen molar-refractivity contribution in [1.29, 1.82) is 0 Å². The lowest BCUT2D eigenvalue weighted by Gasteiger charge is -2.36. The Bertz CT molecular complexity index is 467. The average molecular weight is 339 g/mol. The summed E-state index contributed by atoms with van der Waals surface area (Å²) >= 11 is 0. The number of hydrogen-bond donors (Lipinski definition) is 1. The van der Waals surface area contributed by atoms with Gasteiger partial charge in [-0.25, -0.2) is 8.42 Å². The second-order valence-corrected chi connectivity index (χ2v) is 9.27. The highest BCUT2D eigenvalue weighted by Crippen LogP contribution is 2.28. The van der Waals surface area contributed by atoms with E-state index in [0.29, 0.717) is 19.1 Å². The van der Waals surface area contributed by atoms with Crippen molar-refractivity contribution in [3.63, 3.8) is 0 Å². The molecule has 0 bridgehead atoms. The fourth-order valence-electron chi connectivity index (χ4n) is 2.48. The van der Waals surface area contributed by atoms with Crippen molar-refractivity contribution in [2.24, 2.45) is 5.92 Å². The lowest BCUT2D eigenvalue weighted by Crippen LogP contribution is -2.53. The van der Waals surface area contributed by atoms with Gasteiger partial charge in [0.05, 0.1) is 0 Å². The molecule has 0 unspecified atom stereocenters. The average Bonchev–Trinajstić information content (AvgIpc) is 3.19. The number of carbonyl (C=O) groups excluding carboxylic acids is 1. The zero-order valence-electron chi connectivity index (χ0n) is 13.1. The van der Waals surface area contributed by atoms with E-state index in [-0.39, 0.29) is 18.3 Å². The maximum atomic E-state index is 12.4. The molecule has 1 N–H and O–H groups in total. The summed E-state index contributed by atoms with van der Waals surface area (Å²) in [6, 6.07) is 0.473. The third-order valence-corrected chi connectivity index (χ3v) is 6.64. The number of sulfone groups is 1. The van der Waals surface area contributed by atoms with Gasteiger partial charge in [0.15, 0.2) is 9.84 Å². The zero-order chi connectivity index (χ0) is 15.0. The molecule has 1 aliphatic heterocycles. The molecule has 0 spiro atoms. The van der Waals surface area contributed by atoms with Crippen LogP contribution in [0.1, 0.15) is 39.5 Å². The molecular weight excluding hydrogens is 312 g/mol. The molecule has 1 heterocycles. The number of halogens is 1. The molecule has 1 saturated carbocycles. The van der Waals surface area contributed by atoms with E-state index in [1.54, 1.807) is 4.90 Å². The summed E-state index contributed by atoms with van der Waals surface area (Å²) in [5.74, 6) is 0.597. The van der Waals surface area contributed by atoms with Gasteiger partial charge >= 0.3 is 0 Å². The number of nitrogens with one attached hydrogen (secondary N) is 1. The van der Waals surface area contributed by atoms with Crippen molar-refractivity contribution in [3.8, 4) is 0 Å². The molecule has 7 heteroatoms. The Labute approximate surface area is 134 Å². The van der Waals surface area contributed by atoms with Crippen molar-refractivity contribution >= 4 is 28.2 Å². The van der Waals surface area contributed by atoms with Gasteiger partial charge in [0.25, 0.3) is 0 Å². The monoisotopic (exact) mass is 338 g/mol. The second-order valence-electron chi connectivity index (χ2n) is 6.70. The SMILES string of the molecule is CC(C)(C(=O)N1CCC(NCC2CC2)CC1)S(C)(=O)=O.Cl. The van der Waals surface area contributed by atoms with E-state index in [0.717, 1.165) is 31.6 Å². The molecule has 1 aliphatic carbocycles. The molecule has 21 heavy (non-hydrogen) atoms. The minimum atomic E-state index is -3.38. The highest BCUT2D eigenvalue weighted by Gasteiger charge is 2.42. The lowest BCUT2D eigenvalue weighted by atomic mass is 10.0. The Balaban J connectivity index is 0.00000220. The first-order valence-electron chi connectivity index (χ1n) is 7.44. The van der Waals surface area contributed by atoms with Crippen LogP contribution in [0, 0.1) is 5.92 Å². The summed E-state index contributed by atoms with van der Waals surface area (Å²) in [5.41, 5.74) is 0. The van der Waals surface area contributed by atoms with E-state index >= 15 is 0 Å². The van der Waals surface area contributed by atoms with Gasteiger partial charge in [-0.1, -0.05) is 0 Å². The second kappa shape index (κ2) is 6.84. The standard InChI is InChI=1S/C14H26N2O3S.ClH/c1-14(2,20(3,18)19)13(17)16-8-6-12(7-9-16)15-10-11-4-5-11;/h11-12,15H,4-10H2,1-3H3;1H.